The van der Waals surface area contributed by atoms with Crippen molar-refractivity contribution < 1.29 is 0 Å². The van der Waals surface area contributed by atoms with Crippen molar-refractivity contribution in [2.24, 2.45) is 5.92 Å². The van der Waals surface area contributed by atoms with E-state index in [2.05, 4.69) is 31.4 Å². The largest absolute Gasteiger partial charge is 0.301 e. The van der Waals surface area contributed by atoms with Gasteiger partial charge in [-0.05, 0) is 45.7 Å². The molecular weight excluding hydrogens is 134 g/mol. The Morgan fingerprint density at radius 1 is 1.36 bits per heavy atom. The van der Waals surface area contributed by atoms with Crippen LogP contribution in [0.5, 0.6) is 0 Å². The van der Waals surface area contributed by atoms with Crippen LogP contribution in [-0.4, -0.2) is 24.0 Å². The van der Waals surface area contributed by atoms with E-state index in [1.165, 1.54) is 25.9 Å². The number of nitrogens with zero attached hydrogens (tertiary/aromatic N) is 1. The zero-order valence-corrected chi connectivity index (χ0v) is 7.71. The Labute approximate surface area is 70.1 Å². The minimum atomic E-state index is 0.723. The third-order valence-corrected chi connectivity index (χ3v) is 2.64. The first kappa shape index (κ1) is 8.79. The van der Waals surface area contributed by atoms with E-state index >= 15 is 0 Å². The molecular formula is C10H19N. The summed E-state index contributed by atoms with van der Waals surface area (Å²) in [6.07, 6.45) is 4.72. The lowest BCUT2D eigenvalue weighted by molar-refractivity contribution is 0.164. The molecule has 0 amide bonds. The summed E-state index contributed by atoms with van der Waals surface area (Å²) in [5, 5.41) is 0. The minimum Gasteiger partial charge on any atom is -0.301 e. The number of hydrogen-bond donors (Lipinski definition) is 0. The number of likely N-dealkylation sites (tertiary alicyclic amines) is 1. The molecule has 0 bridgehead atoms. The van der Waals surface area contributed by atoms with Crippen molar-refractivity contribution >= 4 is 0 Å². The van der Waals surface area contributed by atoms with Crippen LogP contribution in [-0.2, 0) is 0 Å². The average Bonchev–Trinajstić information content (AvgIpc) is 2.05. The molecule has 0 aromatic heterocycles. The van der Waals surface area contributed by atoms with Crippen molar-refractivity contribution in [3.05, 3.63) is 12.7 Å². The van der Waals surface area contributed by atoms with Gasteiger partial charge in [-0.2, -0.15) is 0 Å². The summed E-state index contributed by atoms with van der Waals surface area (Å²) >= 11 is 0. The van der Waals surface area contributed by atoms with Crippen LogP contribution in [0.3, 0.4) is 0 Å². The lowest BCUT2D eigenvalue weighted by Gasteiger charge is -2.33. The van der Waals surface area contributed by atoms with Gasteiger partial charge in [0.2, 0.25) is 0 Å². The highest BCUT2D eigenvalue weighted by atomic mass is 15.1. The van der Waals surface area contributed by atoms with Crippen molar-refractivity contribution in [2.75, 3.05) is 13.1 Å². The van der Waals surface area contributed by atoms with Gasteiger partial charge in [0, 0.05) is 6.04 Å². The van der Waals surface area contributed by atoms with Gasteiger partial charge in [-0.3, -0.25) is 0 Å². The van der Waals surface area contributed by atoms with Crippen LogP contribution in [0.2, 0.25) is 0 Å². The van der Waals surface area contributed by atoms with Gasteiger partial charge in [0.1, 0.15) is 0 Å². The van der Waals surface area contributed by atoms with E-state index in [0.29, 0.717) is 0 Å². The highest BCUT2D eigenvalue weighted by molar-refractivity contribution is 4.84. The maximum atomic E-state index is 3.84. The fourth-order valence-corrected chi connectivity index (χ4v) is 1.67. The number of hydrogen-bond acceptors (Lipinski definition) is 1. The van der Waals surface area contributed by atoms with Crippen molar-refractivity contribution in [3.8, 4) is 0 Å². The van der Waals surface area contributed by atoms with Crippen LogP contribution in [0.15, 0.2) is 12.7 Å². The average molecular weight is 153 g/mol. The van der Waals surface area contributed by atoms with Crippen LogP contribution in [0, 0.1) is 5.92 Å². The molecule has 1 rings (SSSR count). The van der Waals surface area contributed by atoms with E-state index in [-0.39, 0.29) is 0 Å². The standard InChI is InChI=1S/C10H19N/c1-4-10-5-7-11(8-6-10)9(2)3/h4,9-10H,1,5-8H2,2-3H3. The SMILES string of the molecule is C=CC1CCN(C(C)C)CC1. The Balaban J connectivity index is 2.29. The lowest BCUT2D eigenvalue weighted by Crippen LogP contribution is -2.37. The summed E-state index contributed by atoms with van der Waals surface area (Å²) in [7, 11) is 0. The van der Waals surface area contributed by atoms with Crippen LogP contribution in [0.4, 0.5) is 0 Å². The van der Waals surface area contributed by atoms with Crippen molar-refractivity contribution in [3.63, 3.8) is 0 Å². The first-order valence-electron chi connectivity index (χ1n) is 4.60. The summed E-state index contributed by atoms with van der Waals surface area (Å²) in [5.74, 6) is 0.782. The molecule has 0 atom stereocenters. The van der Waals surface area contributed by atoms with E-state index < -0.39 is 0 Å². The highest BCUT2D eigenvalue weighted by Crippen LogP contribution is 2.18. The second-order valence-electron chi connectivity index (χ2n) is 3.70. The summed E-state index contributed by atoms with van der Waals surface area (Å²) in [6.45, 7) is 10.9. The van der Waals surface area contributed by atoms with Gasteiger partial charge in [0.25, 0.3) is 0 Å². The van der Waals surface area contributed by atoms with E-state index in [4.69, 9.17) is 0 Å². The third kappa shape index (κ3) is 2.33. The molecule has 1 aliphatic rings. The Bertz CT molecular complexity index is 121. The molecule has 11 heavy (non-hydrogen) atoms. The quantitative estimate of drug-likeness (QED) is 0.550. The van der Waals surface area contributed by atoms with Crippen LogP contribution < -0.4 is 0 Å². The van der Waals surface area contributed by atoms with Gasteiger partial charge in [-0.15, -0.1) is 6.58 Å². The Hall–Kier alpha value is -0.300. The topological polar surface area (TPSA) is 3.24 Å². The van der Waals surface area contributed by atoms with Crippen molar-refractivity contribution in [2.45, 2.75) is 32.7 Å². The maximum absolute atomic E-state index is 3.84. The van der Waals surface area contributed by atoms with Crippen molar-refractivity contribution in [1.82, 2.24) is 4.90 Å². The van der Waals surface area contributed by atoms with Gasteiger partial charge in [-0.25, -0.2) is 0 Å². The molecule has 0 aliphatic carbocycles. The lowest BCUT2D eigenvalue weighted by atomic mass is 9.96. The predicted octanol–water partition coefficient (Wildman–Crippen LogP) is 2.29. The Kier molecular flexibility index (Phi) is 3.13. The normalized spacial score (nSPS) is 22.5. The summed E-state index contributed by atoms with van der Waals surface area (Å²) in [6, 6.07) is 0.723. The zero-order chi connectivity index (χ0) is 8.27. The third-order valence-electron chi connectivity index (χ3n) is 2.64. The van der Waals surface area contributed by atoms with Gasteiger partial charge < -0.3 is 4.90 Å². The summed E-state index contributed by atoms with van der Waals surface area (Å²) in [5.41, 5.74) is 0. The first-order valence-corrected chi connectivity index (χ1v) is 4.60. The van der Waals surface area contributed by atoms with Gasteiger partial charge >= 0.3 is 0 Å². The molecule has 0 spiro atoms. The second-order valence-corrected chi connectivity index (χ2v) is 3.70. The summed E-state index contributed by atoms with van der Waals surface area (Å²) in [4.78, 5) is 2.54. The molecule has 1 heterocycles. The molecule has 0 N–H and O–H groups in total. The molecule has 1 saturated heterocycles. The second kappa shape index (κ2) is 3.91. The zero-order valence-electron chi connectivity index (χ0n) is 7.71. The molecule has 1 aliphatic heterocycles. The molecule has 1 nitrogen and oxygen atoms in total. The van der Waals surface area contributed by atoms with Gasteiger partial charge in [0.15, 0.2) is 0 Å². The molecule has 0 radical (unpaired) electrons. The van der Waals surface area contributed by atoms with E-state index in [1.807, 2.05) is 0 Å². The molecule has 0 unspecified atom stereocenters. The van der Waals surface area contributed by atoms with Crippen LogP contribution in [0.1, 0.15) is 26.7 Å². The van der Waals surface area contributed by atoms with E-state index in [1.54, 1.807) is 0 Å². The molecule has 0 aromatic rings. The maximum Gasteiger partial charge on any atom is 0.00385 e. The Morgan fingerprint density at radius 2 is 1.91 bits per heavy atom. The predicted molar refractivity (Wildman–Crippen MR) is 49.6 cm³/mol. The molecule has 0 saturated carbocycles. The summed E-state index contributed by atoms with van der Waals surface area (Å²) < 4.78 is 0. The molecule has 64 valence electrons. The number of piperidine rings is 1. The molecule has 0 aromatic carbocycles. The molecule has 1 heteroatoms. The number of allylic oxidation sites excluding steroid dienone is 1. The van der Waals surface area contributed by atoms with E-state index in [0.717, 1.165) is 12.0 Å². The Morgan fingerprint density at radius 3 is 2.27 bits per heavy atom. The fourth-order valence-electron chi connectivity index (χ4n) is 1.67. The first-order chi connectivity index (χ1) is 5.24. The monoisotopic (exact) mass is 153 g/mol. The van der Waals surface area contributed by atoms with Gasteiger partial charge in [0.05, 0.1) is 0 Å². The van der Waals surface area contributed by atoms with E-state index in [9.17, 15) is 0 Å². The van der Waals surface area contributed by atoms with Gasteiger partial charge in [-0.1, -0.05) is 6.08 Å². The van der Waals surface area contributed by atoms with Crippen LogP contribution >= 0.6 is 0 Å². The fraction of sp³-hybridized carbons (Fsp3) is 0.800. The minimum absolute atomic E-state index is 0.723. The molecule has 1 fully saturated rings. The smallest absolute Gasteiger partial charge is 0.00385 e. The number of rotatable bonds is 2. The highest BCUT2D eigenvalue weighted by Gasteiger charge is 2.17. The van der Waals surface area contributed by atoms with Crippen molar-refractivity contribution in [1.29, 1.82) is 0 Å². The van der Waals surface area contributed by atoms with Crippen LogP contribution in [0.25, 0.3) is 0 Å².